The first-order valence-electron chi connectivity index (χ1n) is 6.94. The lowest BCUT2D eigenvalue weighted by atomic mass is 10.1. The number of carbonyl (C=O) groups excluding carboxylic acids is 2. The van der Waals surface area contributed by atoms with E-state index in [1.54, 1.807) is 30.3 Å². The standard InChI is InChI=1S/C17H17FN2O2/c1-12(9-13-3-2-4-15(18)10-13)20-17(22)14-5-7-16(8-6-14)19-11-21/h2-8,10-12H,9H2,1H3,(H,19,21)(H,20,22)/t12-/m1/s1. The molecule has 0 aliphatic heterocycles. The Morgan fingerprint density at radius 1 is 1.23 bits per heavy atom. The van der Waals surface area contributed by atoms with Gasteiger partial charge in [0.15, 0.2) is 0 Å². The maximum Gasteiger partial charge on any atom is 0.251 e. The van der Waals surface area contributed by atoms with Crippen LogP contribution in [0.4, 0.5) is 10.1 Å². The van der Waals surface area contributed by atoms with Gasteiger partial charge in [0.1, 0.15) is 5.82 Å². The molecule has 1 atom stereocenters. The van der Waals surface area contributed by atoms with Gasteiger partial charge < -0.3 is 10.6 Å². The fourth-order valence-electron chi connectivity index (χ4n) is 2.16. The van der Waals surface area contributed by atoms with E-state index in [0.717, 1.165) is 5.56 Å². The zero-order valence-electron chi connectivity index (χ0n) is 12.2. The molecule has 0 aliphatic rings. The molecule has 0 saturated heterocycles. The first kappa shape index (κ1) is 15.7. The number of halogens is 1. The molecule has 22 heavy (non-hydrogen) atoms. The minimum absolute atomic E-state index is 0.123. The minimum Gasteiger partial charge on any atom is -0.349 e. The summed E-state index contributed by atoms with van der Waals surface area (Å²) < 4.78 is 13.1. The molecular weight excluding hydrogens is 283 g/mol. The molecule has 0 aromatic heterocycles. The summed E-state index contributed by atoms with van der Waals surface area (Å²) in [7, 11) is 0. The monoisotopic (exact) mass is 300 g/mol. The van der Waals surface area contributed by atoms with E-state index in [1.807, 2.05) is 13.0 Å². The van der Waals surface area contributed by atoms with Gasteiger partial charge in [-0.1, -0.05) is 12.1 Å². The number of carbonyl (C=O) groups is 2. The Hall–Kier alpha value is -2.69. The highest BCUT2D eigenvalue weighted by Gasteiger charge is 2.10. The summed E-state index contributed by atoms with van der Waals surface area (Å²) in [6, 6.07) is 12.8. The van der Waals surface area contributed by atoms with Gasteiger partial charge in [0.05, 0.1) is 0 Å². The molecule has 0 spiro atoms. The van der Waals surface area contributed by atoms with Crippen molar-refractivity contribution in [1.29, 1.82) is 0 Å². The molecular formula is C17H17FN2O2. The first-order chi connectivity index (χ1) is 10.6. The van der Waals surface area contributed by atoms with Crippen LogP contribution in [-0.2, 0) is 11.2 Å². The second kappa shape index (κ2) is 7.36. The molecule has 114 valence electrons. The lowest BCUT2D eigenvalue weighted by Crippen LogP contribution is -2.34. The van der Waals surface area contributed by atoms with Crippen LogP contribution in [0.3, 0.4) is 0 Å². The van der Waals surface area contributed by atoms with E-state index >= 15 is 0 Å². The second-order valence-corrected chi connectivity index (χ2v) is 5.05. The largest absolute Gasteiger partial charge is 0.349 e. The van der Waals surface area contributed by atoms with Crippen LogP contribution in [0.15, 0.2) is 48.5 Å². The fraction of sp³-hybridized carbons (Fsp3) is 0.176. The molecule has 2 N–H and O–H groups in total. The highest BCUT2D eigenvalue weighted by Crippen LogP contribution is 2.10. The molecule has 0 radical (unpaired) electrons. The Kier molecular flexibility index (Phi) is 5.25. The highest BCUT2D eigenvalue weighted by molar-refractivity contribution is 5.94. The van der Waals surface area contributed by atoms with Crippen LogP contribution in [0, 0.1) is 5.82 Å². The summed E-state index contributed by atoms with van der Waals surface area (Å²) in [5.74, 6) is -0.490. The zero-order valence-corrected chi connectivity index (χ0v) is 12.2. The van der Waals surface area contributed by atoms with Crippen molar-refractivity contribution in [3.63, 3.8) is 0 Å². The van der Waals surface area contributed by atoms with E-state index < -0.39 is 0 Å². The summed E-state index contributed by atoms with van der Waals surface area (Å²) >= 11 is 0. The van der Waals surface area contributed by atoms with E-state index in [0.29, 0.717) is 24.1 Å². The number of benzene rings is 2. The van der Waals surface area contributed by atoms with Gasteiger partial charge >= 0.3 is 0 Å². The average Bonchev–Trinajstić information content (AvgIpc) is 2.48. The van der Waals surface area contributed by atoms with E-state index in [9.17, 15) is 14.0 Å². The van der Waals surface area contributed by atoms with Crippen LogP contribution >= 0.6 is 0 Å². The SMILES string of the molecule is C[C@H](Cc1cccc(F)c1)NC(=O)c1ccc(NC=O)cc1. The predicted molar refractivity (Wildman–Crippen MR) is 83.2 cm³/mol. The molecule has 5 heteroatoms. The third kappa shape index (κ3) is 4.41. The van der Waals surface area contributed by atoms with Crippen molar-refractivity contribution in [3.05, 3.63) is 65.5 Å². The van der Waals surface area contributed by atoms with Crippen molar-refractivity contribution in [2.75, 3.05) is 5.32 Å². The number of nitrogens with one attached hydrogen (secondary N) is 2. The Morgan fingerprint density at radius 3 is 2.59 bits per heavy atom. The Morgan fingerprint density at radius 2 is 1.95 bits per heavy atom. The average molecular weight is 300 g/mol. The van der Waals surface area contributed by atoms with Gasteiger partial charge in [-0.15, -0.1) is 0 Å². The lowest BCUT2D eigenvalue weighted by Gasteiger charge is -2.14. The van der Waals surface area contributed by atoms with Crippen LogP contribution in [-0.4, -0.2) is 18.4 Å². The Labute approximate surface area is 128 Å². The molecule has 0 unspecified atom stereocenters. The van der Waals surface area contributed by atoms with Crippen molar-refractivity contribution in [3.8, 4) is 0 Å². The summed E-state index contributed by atoms with van der Waals surface area (Å²) in [4.78, 5) is 22.4. The third-order valence-corrected chi connectivity index (χ3v) is 3.18. The minimum atomic E-state index is -0.283. The summed E-state index contributed by atoms with van der Waals surface area (Å²) in [5.41, 5.74) is 1.96. The van der Waals surface area contributed by atoms with Crippen LogP contribution in [0.5, 0.6) is 0 Å². The maximum absolute atomic E-state index is 13.1. The van der Waals surface area contributed by atoms with E-state index in [2.05, 4.69) is 10.6 Å². The number of hydrogen-bond acceptors (Lipinski definition) is 2. The Balaban J connectivity index is 1.94. The predicted octanol–water partition coefficient (Wildman–Crippen LogP) is 2.76. The van der Waals surface area contributed by atoms with Crippen LogP contribution in [0.1, 0.15) is 22.8 Å². The molecule has 0 saturated carbocycles. The second-order valence-electron chi connectivity index (χ2n) is 5.05. The molecule has 2 aromatic rings. The fourth-order valence-corrected chi connectivity index (χ4v) is 2.16. The normalized spacial score (nSPS) is 11.5. The molecule has 0 fully saturated rings. The Bertz CT molecular complexity index is 656. The zero-order chi connectivity index (χ0) is 15.9. The summed E-state index contributed by atoms with van der Waals surface area (Å²) in [5, 5.41) is 5.37. The molecule has 2 amide bonds. The van der Waals surface area contributed by atoms with Crippen molar-refractivity contribution in [2.24, 2.45) is 0 Å². The smallest absolute Gasteiger partial charge is 0.251 e. The molecule has 0 heterocycles. The van der Waals surface area contributed by atoms with Crippen molar-refractivity contribution in [2.45, 2.75) is 19.4 Å². The van der Waals surface area contributed by atoms with E-state index in [4.69, 9.17) is 0 Å². The lowest BCUT2D eigenvalue weighted by molar-refractivity contribution is -0.105. The molecule has 0 bridgehead atoms. The number of hydrogen-bond donors (Lipinski definition) is 2. The van der Waals surface area contributed by atoms with Crippen molar-refractivity contribution >= 4 is 18.0 Å². The van der Waals surface area contributed by atoms with Gasteiger partial charge in [-0.25, -0.2) is 4.39 Å². The molecule has 0 aliphatic carbocycles. The van der Waals surface area contributed by atoms with Gasteiger partial charge in [0.2, 0.25) is 6.41 Å². The molecule has 2 aromatic carbocycles. The third-order valence-electron chi connectivity index (χ3n) is 3.18. The number of rotatable bonds is 6. The summed E-state index contributed by atoms with van der Waals surface area (Å²) in [6.45, 7) is 1.87. The number of anilines is 1. The van der Waals surface area contributed by atoms with Crippen LogP contribution in [0.25, 0.3) is 0 Å². The van der Waals surface area contributed by atoms with E-state index in [1.165, 1.54) is 12.1 Å². The van der Waals surface area contributed by atoms with Gasteiger partial charge in [-0.05, 0) is 55.3 Å². The summed E-state index contributed by atoms with van der Waals surface area (Å²) in [6.07, 6.45) is 1.13. The van der Waals surface area contributed by atoms with E-state index in [-0.39, 0.29) is 17.8 Å². The topological polar surface area (TPSA) is 58.2 Å². The van der Waals surface area contributed by atoms with Gasteiger partial charge in [0, 0.05) is 17.3 Å². The quantitative estimate of drug-likeness (QED) is 0.806. The van der Waals surface area contributed by atoms with Crippen molar-refractivity contribution in [1.82, 2.24) is 5.32 Å². The number of amides is 2. The molecule has 4 nitrogen and oxygen atoms in total. The van der Waals surface area contributed by atoms with Gasteiger partial charge in [0.25, 0.3) is 5.91 Å². The van der Waals surface area contributed by atoms with Gasteiger partial charge in [-0.3, -0.25) is 9.59 Å². The molecule has 2 rings (SSSR count). The van der Waals surface area contributed by atoms with Gasteiger partial charge in [-0.2, -0.15) is 0 Å². The van der Waals surface area contributed by atoms with Crippen LogP contribution < -0.4 is 10.6 Å². The first-order valence-corrected chi connectivity index (χ1v) is 6.94. The van der Waals surface area contributed by atoms with Crippen molar-refractivity contribution < 1.29 is 14.0 Å². The highest BCUT2D eigenvalue weighted by atomic mass is 19.1. The van der Waals surface area contributed by atoms with Crippen LogP contribution in [0.2, 0.25) is 0 Å². The maximum atomic E-state index is 13.1.